The molecule has 0 aromatic carbocycles. The molecule has 0 aromatic rings. The van der Waals surface area contributed by atoms with E-state index in [1.54, 1.807) is 0 Å². The standard InChI is InChI=1S/2C5H8N2.CH2/c2*1-6-3-4-7(2)5-6;/h2*3-4H,1-2H3;1H2. The molecule has 4 nitrogen and oxygen atoms in total. The van der Waals surface area contributed by atoms with Crippen molar-refractivity contribution >= 4 is 0 Å². The van der Waals surface area contributed by atoms with E-state index < -0.39 is 0 Å². The van der Waals surface area contributed by atoms with E-state index >= 15 is 0 Å². The molecule has 82 valence electrons. The van der Waals surface area contributed by atoms with E-state index in [-0.39, 0.29) is 7.43 Å². The van der Waals surface area contributed by atoms with Crippen molar-refractivity contribution in [2.45, 2.75) is 0 Å². The van der Waals surface area contributed by atoms with Gasteiger partial charge in [-0.2, -0.15) is 0 Å². The summed E-state index contributed by atoms with van der Waals surface area (Å²) in [6.07, 6.45) is 7.78. The highest BCUT2D eigenvalue weighted by atomic mass is 15.3. The van der Waals surface area contributed by atoms with E-state index in [1.807, 2.05) is 72.6 Å². The first kappa shape index (κ1) is 13.7. The van der Waals surface area contributed by atoms with E-state index in [4.69, 9.17) is 0 Å². The van der Waals surface area contributed by atoms with Crippen molar-refractivity contribution < 1.29 is 0 Å². The largest absolute Gasteiger partial charge is 0.349 e. The van der Waals surface area contributed by atoms with Crippen molar-refractivity contribution in [3.05, 3.63) is 45.6 Å². The highest BCUT2D eigenvalue weighted by Crippen LogP contribution is 2.03. The van der Waals surface area contributed by atoms with Gasteiger partial charge >= 0.3 is 0 Å². The Hall–Kier alpha value is -1.32. The molecule has 0 saturated carbocycles. The van der Waals surface area contributed by atoms with E-state index in [0.29, 0.717) is 0 Å². The SMILES string of the molecule is CN1[C]N(C)C=C1.CN1[C]N(C)C=C1.[CH2]. The molecule has 0 unspecified atom stereocenters. The van der Waals surface area contributed by atoms with E-state index in [9.17, 15) is 0 Å². The quantitative estimate of drug-likeness (QED) is 0.586. The fraction of sp³-hybridized carbons (Fsp3) is 0.364. The molecule has 2 aliphatic rings. The first-order valence-corrected chi connectivity index (χ1v) is 4.38. The molecule has 0 atom stereocenters. The van der Waals surface area contributed by atoms with Gasteiger partial charge in [0.25, 0.3) is 0 Å². The van der Waals surface area contributed by atoms with Gasteiger partial charge < -0.3 is 19.6 Å². The van der Waals surface area contributed by atoms with Gasteiger partial charge in [0.05, 0.1) is 0 Å². The summed E-state index contributed by atoms with van der Waals surface area (Å²) in [5.74, 6) is 0. The van der Waals surface area contributed by atoms with E-state index in [2.05, 4.69) is 13.3 Å². The number of hydrogen-bond acceptors (Lipinski definition) is 4. The van der Waals surface area contributed by atoms with Crippen molar-refractivity contribution in [1.29, 1.82) is 0 Å². The molecule has 0 amide bonds. The Balaban J connectivity index is 0.000000245. The molecule has 6 radical (unpaired) electrons. The minimum absolute atomic E-state index is 0. The topological polar surface area (TPSA) is 13.0 Å². The van der Waals surface area contributed by atoms with E-state index in [0.717, 1.165) is 0 Å². The summed E-state index contributed by atoms with van der Waals surface area (Å²) >= 11 is 0. The highest BCUT2D eigenvalue weighted by Gasteiger charge is 2.03. The van der Waals surface area contributed by atoms with Gasteiger partial charge in [-0.25, -0.2) is 0 Å². The van der Waals surface area contributed by atoms with Gasteiger partial charge in [-0.15, -0.1) is 0 Å². The molecule has 0 aliphatic carbocycles. The van der Waals surface area contributed by atoms with E-state index in [1.165, 1.54) is 0 Å². The van der Waals surface area contributed by atoms with Crippen LogP contribution in [0.3, 0.4) is 0 Å². The third kappa shape index (κ3) is 5.20. The van der Waals surface area contributed by atoms with Gasteiger partial charge in [-0.1, -0.05) is 7.43 Å². The molecule has 2 rings (SSSR count). The second-order valence-electron chi connectivity index (χ2n) is 3.24. The molecular formula is C11H18N4. The molecule has 0 bridgehead atoms. The number of hydrogen-bond donors (Lipinski definition) is 0. The average molecular weight is 206 g/mol. The van der Waals surface area contributed by atoms with Crippen LogP contribution in [0, 0.1) is 20.8 Å². The van der Waals surface area contributed by atoms with Gasteiger partial charge in [0.15, 0.2) is 0 Å². The first-order chi connectivity index (χ1) is 6.58. The Labute approximate surface area is 94.0 Å². The summed E-state index contributed by atoms with van der Waals surface area (Å²) in [5.41, 5.74) is 0. The maximum Gasteiger partial charge on any atom is 0.207 e. The van der Waals surface area contributed by atoms with Crippen LogP contribution in [0.2, 0.25) is 0 Å². The van der Waals surface area contributed by atoms with Crippen LogP contribution >= 0.6 is 0 Å². The Bertz CT molecular complexity index is 181. The van der Waals surface area contributed by atoms with Crippen LogP contribution in [0.1, 0.15) is 0 Å². The van der Waals surface area contributed by atoms with Crippen molar-refractivity contribution in [3.63, 3.8) is 0 Å². The number of nitrogens with zero attached hydrogens (tertiary/aromatic N) is 4. The molecule has 4 heteroatoms. The minimum atomic E-state index is 0. The second kappa shape index (κ2) is 6.22. The van der Waals surface area contributed by atoms with Gasteiger partial charge in [0.1, 0.15) is 0 Å². The lowest BCUT2D eigenvalue weighted by molar-refractivity contribution is 0.433. The molecule has 0 aromatic heterocycles. The molecule has 15 heavy (non-hydrogen) atoms. The Kier molecular flexibility index (Phi) is 5.67. The van der Waals surface area contributed by atoms with Crippen molar-refractivity contribution in [2.75, 3.05) is 28.2 Å². The molecule has 0 saturated heterocycles. The zero-order valence-corrected chi connectivity index (χ0v) is 9.81. The van der Waals surface area contributed by atoms with Gasteiger partial charge in [-0.05, 0) is 0 Å². The lowest BCUT2D eigenvalue weighted by Crippen LogP contribution is -2.10. The molecule has 2 heterocycles. The van der Waals surface area contributed by atoms with Gasteiger partial charge in [-0.3, -0.25) is 0 Å². The molecule has 2 aliphatic heterocycles. The van der Waals surface area contributed by atoms with Gasteiger partial charge in [0.2, 0.25) is 13.3 Å². The highest BCUT2D eigenvalue weighted by molar-refractivity contribution is 4.93. The Morgan fingerprint density at radius 3 is 0.867 bits per heavy atom. The first-order valence-electron chi connectivity index (χ1n) is 4.38. The lowest BCUT2D eigenvalue weighted by Gasteiger charge is -2.07. The predicted molar refractivity (Wildman–Crippen MR) is 61.2 cm³/mol. The molecule has 0 spiro atoms. The Morgan fingerprint density at radius 1 is 0.600 bits per heavy atom. The van der Waals surface area contributed by atoms with Crippen LogP contribution in [-0.2, 0) is 0 Å². The third-order valence-electron chi connectivity index (χ3n) is 1.66. The summed E-state index contributed by atoms with van der Waals surface area (Å²) in [4.78, 5) is 7.50. The van der Waals surface area contributed by atoms with Crippen LogP contribution in [0.5, 0.6) is 0 Å². The maximum absolute atomic E-state index is 2.97. The summed E-state index contributed by atoms with van der Waals surface area (Å²) in [6, 6.07) is 0. The van der Waals surface area contributed by atoms with Crippen LogP contribution in [0.25, 0.3) is 0 Å². The van der Waals surface area contributed by atoms with Crippen LogP contribution in [-0.4, -0.2) is 47.8 Å². The second-order valence-corrected chi connectivity index (χ2v) is 3.24. The lowest BCUT2D eigenvalue weighted by atomic mass is 10.9. The predicted octanol–water partition coefficient (Wildman–Crippen LogP) is 0.989. The van der Waals surface area contributed by atoms with Crippen LogP contribution in [0.4, 0.5) is 0 Å². The van der Waals surface area contributed by atoms with Crippen LogP contribution in [0.15, 0.2) is 24.8 Å². The van der Waals surface area contributed by atoms with Crippen LogP contribution < -0.4 is 0 Å². The third-order valence-corrected chi connectivity index (χ3v) is 1.66. The van der Waals surface area contributed by atoms with Crippen molar-refractivity contribution in [2.24, 2.45) is 0 Å². The monoisotopic (exact) mass is 206 g/mol. The molecule has 0 N–H and O–H groups in total. The molecular weight excluding hydrogens is 188 g/mol. The summed E-state index contributed by atoms with van der Waals surface area (Å²) in [7, 11) is 7.78. The molecule has 0 fully saturated rings. The smallest absolute Gasteiger partial charge is 0.207 e. The fourth-order valence-electron chi connectivity index (χ4n) is 1.03. The average Bonchev–Trinajstić information content (AvgIpc) is 2.63. The normalized spacial score (nSPS) is 17.9. The minimum Gasteiger partial charge on any atom is -0.349 e. The summed E-state index contributed by atoms with van der Waals surface area (Å²) in [5, 5.41) is 0. The summed E-state index contributed by atoms with van der Waals surface area (Å²) < 4.78 is 0. The zero-order chi connectivity index (χ0) is 10.6. The van der Waals surface area contributed by atoms with Crippen molar-refractivity contribution in [3.8, 4) is 0 Å². The maximum atomic E-state index is 2.97. The van der Waals surface area contributed by atoms with Gasteiger partial charge in [0, 0.05) is 53.0 Å². The number of rotatable bonds is 0. The fourth-order valence-corrected chi connectivity index (χ4v) is 1.03. The Morgan fingerprint density at radius 2 is 0.800 bits per heavy atom. The van der Waals surface area contributed by atoms with Crippen molar-refractivity contribution in [1.82, 2.24) is 19.6 Å². The summed E-state index contributed by atoms with van der Waals surface area (Å²) in [6.45, 7) is 5.94. The zero-order valence-electron chi connectivity index (χ0n) is 9.81.